The molecule has 2 aromatic heterocycles. The van der Waals surface area contributed by atoms with Gasteiger partial charge < -0.3 is 16.0 Å². The fourth-order valence-corrected chi connectivity index (χ4v) is 3.27. The zero-order valence-electron chi connectivity index (χ0n) is 13.9. The molecule has 0 bridgehead atoms. The summed E-state index contributed by atoms with van der Waals surface area (Å²) < 4.78 is 1.87. The Labute approximate surface area is 168 Å². The number of pyridine rings is 1. The van der Waals surface area contributed by atoms with Crippen molar-refractivity contribution >= 4 is 53.1 Å². The van der Waals surface area contributed by atoms with Crippen LogP contribution in [0.4, 0.5) is 5.82 Å². The number of piperazine rings is 1. The molecule has 140 valence electrons. The van der Waals surface area contributed by atoms with E-state index in [0.29, 0.717) is 17.4 Å². The maximum atomic E-state index is 6.50. The van der Waals surface area contributed by atoms with Crippen LogP contribution in [-0.2, 0) is 6.54 Å². The van der Waals surface area contributed by atoms with Gasteiger partial charge in [-0.15, -0.1) is 35.0 Å². The highest BCUT2D eigenvalue weighted by molar-refractivity contribution is 6.33. The molecule has 1 aliphatic heterocycles. The normalized spacial score (nSPS) is 14.0. The standard InChI is InChI=1S/C16H18ClN7.2ClH/c17-13-8-11-7-12(24-10-20-22-15(24)9-18)1-2-14(11)21-16(13)23-5-3-19-4-6-23;;/h1-2,7-8,10,19H,3-6,9,18H2;2*1H. The van der Waals surface area contributed by atoms with Crippen LogP contribution in [-0.4, -0.2) is 45.9 Å². The van der Waals surface area contributed by atoms with Gasteiger partial charge in [-0.05, 0) is 24.3 Å². The number of nitrogens with two attached hydrogens (primary N) is 1. The van der Waals surface area contributed by atoms with Gasteiger partial charge in [-0.25, -0.2) is 4.98 Å². The molecule has 0 radical (unpaired) electrons. The van der Waals surface area contributed by atoms with Crippen LogP contribution < -0.4 is 16.0 Å². The first-order valence-corrected chi connectivity index (χ1v) is 8.29. The van der Waals surface area contributed by atoms with Crippen LogP contribution in [0.5, 0.6) is 0 Å². The predicted octanol–water partition coefficient (Wildman–Crippen LogP) is 2.18. The van der Waals surface area contributed by atoms with Crippen LogP contribution in [0, 0.1) is 0 Å². The van der Waals surface area contributed by atoms with Crippen molar-refractivity contribution in [1.29, 1.82) is 0 Å². The van der Waals surface area contributed by atoms with Crippen molar-refractivity contribution < 1.29 is 0 Å². The lowest BCUT2D eigenvalue weighted by molar-refractivity contribution is 0.585. The largest absolute Gasteiger partial charge is 0.353 e. The van der Waals surface area contributed by atoms with Crippen LogP contribution in [0.15, 0.2) is 30.6 Å². The van der Waals surface area contributed by atoms with Gasteiger partial charge in [-0.1, -0.05) is 11.6 Å². The van der Waals surface area contributed by atoms with E-state index in [-0.39, 0.29) is 24.8 Å². The summed E-state index contributed by atoms with van der Waals surface area (Å²) in [7, 11) is 0. The van der Waals surface area contributed by atoms with E-state index < -0.39 is 0 Å². The molecule has 3 N–H and O–H groups in total. The van der Waals surface area contributed by atoms with Crippen molar-refractivity contribution in [3.05, 3.63) is 41.4 Å². The summed E-state index contributed by atoms with van der Waals surface area (Å²) in [5.41, 5.74) is 7.57. The minimum Gasteiger partial charge on any atom is -0.353 e. The summed E-state index contributed by atoms with van der Waals surface area (Å²) in [6.07, 6.45) is 1.66. The minimum atomic E-state index is 0. The van der Waals surface area contributed by atoms with E-state index >= 15 is 0 Å². The zero-order chi connectivity index (χ0) is 16.5. The van der Waals surface area contributed by atoms with Gasteiger partial charge >= 0.3 is 0 Å². The molecule has 1 fully saturated rings. The first-order valence-electron chi connectivity index (χ1n) is 7.91. The van der Waals surface area contributed by atoms with Crippen LogP contribution in [0.2, 0.25) is 5.02 Å². The minimum absolute atomic E-state index is 0. The summed E-state index contributed by atoms with van der Waals surface area (Å²) in [6.45, 7) is 4.06. The average molecular weight is 417 g/mol. The van der Waals surface area contributed by atoms with E-state index in [2.05, 4.69) is 20.4 Å². The Kier molecular flexibility index (Phi) is 7.02. The smallest absolute Gasteiger partial charge is 0.151 e. The SMILES string of the molecule is Cl.Cl.NCc1nncn1-c1ccc2nc(N3CCNCC3)c(Cl)cc2c1. The Morgan fingerprint density at radius 2 is 1.92 bits per heavy atom. The second kappa shape index (κ2) is 8.83. The Balaban J connectivity index is 0.00000121. The molecule has 10 heteroatoms. The number of hydrogen-bond donors (Lipinski definition) is 2. The molecular formula is C16H20Cl3N7. The molecule has 1 aliphatic rings. The molecule has 7 nitrogen and oxygen atoms in total. The number of nitrogens with zero attached hydrogens (tertiary/aromatic N) is 5. The zero-order valence-corrected chi connectivity index (χ0v) is 16.3. The van der Waals surface area contributed by atoms with Crippen molar-refractivity contribution in [2.75, 3.05) is 31.1 Å². The molecule has 0 atom stereocenters. The average Bonchev–Trinajstić information content (AvgIpc) is 3.10. The Hall–Kier alpha value is -1.64. The van der Waals surface area contributed by atoms with Gasteiger partial charge in [0.25, 0.3) is 0 Å². The predicted molar refractivity (Wildman–Crippen MR) is 109 cm³/mol. The third-order valence-corrected chi connectivity index (χ3v) is 4.51. The van der Waals surface area contributed by atoms with E-state index in [1.807, 2.05) is 28.8 Å². The number of halogens is 3. The molecule has 3 heterocycles. The fourth-order valence-electron chi connectivity index (χ4n) is 2.99. The summed E-state index contributed by atoms with van der Waals surface area (Å²) in [5, 5.41) is 12.9. The molecule has 0 unspecified atom stereocenters. The lowest BCUT2D eigenvalue weighted by atomic mass is 10.2. The van der Waals surface area contributed by atoms with E-state index in [1.165, 1.54) is 0 Å². The number of rotatable bonds is 3. The van der Waals surface area contributed by atoms with Crippen molar-refractivity contribution in [2.45, 2.75) is 6.54 Å². The van der Waals surface area contributed by atoms with Gasteiger partial charge in [0.1, 0.15) is 12.1 Å². The molecule has 3 aromatic rings. The quantitative estimate of drug-likeness (QED) is 0.681. The van der Waals surface area contributed by atoms with Crippen molar-refractivity contribution in [3.63, 3.8) is 0 Å². The highest BCUT2D eigenvalue weighted by atomic mass is 35.5. The maximum Gasteiger partial charge on any atom is 0.151 e. The topological polar surface area (TPSA) is 84.9 Å². The summed E-state index contributed by atoms with van der Waals surface area (Å²) in [5.74, 6) is 1.57. The molecule has 0 spiro atoms. The van der Waals surface area contributed by atoms with Crippen LogP contribution >= 0.6 is 36.4 Å². The number of nitrogens with one attached hydrogen (secondary N) is 1. The second-order valence-corrected chi connectivity index (χ2v) is 6.14. The van der Waals surface area contributed by atoms with Crippen LogP contribution in [0.25, 0.3) is 16.6 Å². The number of hydrogen-bond acceptors (Lipinski definition) is 6. The summed E-state index contributed by atoms with van der Waals surface area (Å²) >= 11 is 6.50. The van der Waals surface area contributed by atoms with Gasteiger partial charge in [0.15, 0.2) is 5.82 Å². The first-order chi connectivity index (χ1) is 11.8. The molecule has 26 heavy (non-hydrogen) atoms. The van der Waals surface area contributed by atoms with Crippen molar-refractivity contribution in [1.82, 2.24) is 25.1 Å². The highest BCUT2D eigenvalue weighted by Crippen LogP contribution is 2.29. The monoisotopic (exact) mass is 415 g/mol. The van der Waals surface area contributed by atoms with E-state index in [9.17, 15) is 0 Å². The molecule has 0 amide bonds. The molecule has 1 aromatic carbocycles. The first kappa shape index (κ1) is 20.7. The van der Waals surface area contributed by atoms with E-state index in [4.69, 9.17) is 22.3 Å². The van der Waals surface area contributed by atoms with E-state index in [0.717, 1.165) is 48.6 Å². The molecule has 0 aliphatic carbocycles. The van der Waals surface area contributed by atoms with Gasteiger partial charge in [0.05, 0.1) is 17.1 Å². The number of aromatic nitrogens is 4. The molecule has 0 saturated carbocycles. The lowest BCUT2D eigenvalue weighted by Gasteiger charge is -2.29. The van der Waals surface area contributed by atoms with Gasteiger partial charge in [0.2, 0.25) is 0 Å². The van der Waals surface area contributed by atoms with Crippen LogP contribution in [0.1, 0.15) is 5.82 Å². The van der Waals surface area contributed by atoms with Gasteiger partial charge in [-0.3, -0.25) is 4.57 Å². The number of anilines is 1. The summed E-state index contributed by atoms with van der Waals surface area (Å²) in [4.78, 5) is 6.99. The Morgan fingerprint density at radius 1 is 1.15 bits per heavy atom. The van der Waals surface area contributed by atoms with E-state index in [1.54, 1.807) is 6.33 Å². The lowest BCUT2D eigenvalue weighted by Crippen LogP contribution is -2.44. The summed E-state index contributed by atoms with van der Waals surface area (Å²) in [6, 6.07) is 7.98. The van der Waals surface area contributed by atoms with Crippen molar-refractivity contribution in [2.24, 2.45) is 5.73 Å². The Bertz CT molecular complexity index is 877. The molecule has 1 saturated heterocycles. The second-order valence-electron chi connectivity index (χ2n) is 5.73. The molecular weight excluding hydrogens is 397 g/mol. The van der Waals surface area contributed by atoms with Crippen LogP contribution in [0.3, 0.4) is 0 Å². The highest BCUT2D eigenvalue weighted by Gasteiger charge is 2.16. The molecule has 4 rings (SSSR count). The number of fused-ring (bicyclic) bond motifs is 1. The van der Waals surface area contributed by atoms with Crippen molar-refractivity contribution in [3.8, 4) is 5.69 Å². The third-order valence-electron chi connectivity index (χ3n) is 4.23. The van der Waals surface area contributed by atoms with Gasteiger partial charge in [-0.2, -0.15) is 0 Å². The maximum absolute atomic E-state index is 6.50. The fraction of sp³-hybridized carbons (Fsp3) is 0.312. The number of benzene rings is 1. The van der Waals surface area contributed by atoms with Gasteiger partial charge in [0, 0.05) is 37.3 Å². The Morgan fingerprint density at radius 3 is 2.65 bits per heavy atom. The third kappa shape index (κ3) is 3.87.